The molecule has 0 unspecified atom stereocenters. The molecule has 2 aliphatic carbocycles. The normalized spacial score (nSPS) is 26.7. The molecule has 0 saturated carbocycles. The first-order chi connectivity index (χ1) is 12.6. The number of aromatic nitrogens is 3. The highest BCUT2D eigenvalue weighted by Gasteiger charge is 2.50. The largest absolute Gasteiger partial charge is 0.368 e. The number of anilines is 1. The van der Waals surface area contributed by atoms with Crippen molar-refractivity contribution in [3.05, 3.63) is 59.1 Å². The van der Waals surface area contributed by atoms with Crippen LogP contribution < -0.4 is 5.73 Å². The number of fused-ring (bicyclic) bond motifs is 4. The molecule has 0 bridgehead atoms. The molecule has 3 atom stereocenters. The summed E-state index contributed by atoms with van der Waals surface area (Å²) in [5.41, 5.74) is 11.7. The van der Waals surface area contributed by atoms with Crippen molar-refractivity contribution in [2.75, 3.05) is 5.73 Å². The lowest BCUT2D eigenvalue weighted by Gasteiger charge is -2.47. The van der Waals surface area contributed by atoms with Crippen molar-refractivity contribution in [3.63, 3.8) is 0 Å². The van der Waals surface area contributed by atoms with Crippen LogP contribution in [0.15, 0.2) is 41.1 Å². The van der Waals surface area contributed by atoms with Gasteiger partial charge in [-0.25, -0.2) is 9.97 Å². The summed E-state index contributed by atoms with van der Waals surface area (Å²) < 4.78 is 5.56. The van der Waals surface area contributed by atoms with Gasteiger partial charge in [-0.15, -0.1) is 0 Å². The van der Waals surface area contributed by atoms with Crippen molar-refractivity contribution < 1.29 is 4.52 Å². The molecule has 2 aromatic heterocycles. The number of benzene rings is 1. The Balaban J connectivity index is 1.72. The SMILES string of the molecule is C[C@H]1c2oncc2C[C@@]2(C)c3nc(N)nc(-c4ccccc4)c3CC[C@H]12. The van der Waals surface area contributed by atoms with Gasteiger partial charge in [-0.3, -0.25) is 0 Å². The molecule has 5 rings (SSSR count). The fourth-order valence-electron chi connectivity index (χ4n) is 5.21. The molecule has 5 heteroatoms. The van der Waals surface area contributed by atoms with Crippen molar-refractivity contribution in [1.29, 1.82) is 0 Å². The summed E-state index contributed by atoms with van der Waals surface area (Å²) in [6.07, 6.45) is 4.81. The van der Waals surface area contributed by atoms with Gasteiger partial charge in [-0.2, -0.15) is 0 Å². The number of rotatable bonds is 1. The van der Waals surface area contributed by atoms with E-state index in [1.54, 1.807) is 0 Å². The average Bonchev–Trinajstić information content (AvgIpc) is 3.10. The molecule has 0 fully saturated rings. The van der Waals surface area contributed by atoms with Crippen LogP contribution in [0.4, 0.5) is 5.95 Å². The van der Waals surface area contributed by atoms with E-state index in [0.29, 0.717) is 17.8 Å². The molecular weight excluding hydrogens is 324 g/mol. The molecule has 5 nitrogen and oxygen atoms in total. The minimum absolute atomic E-state index is 0.0772. The number of hydrogen-bond donors (Lipinski definition) is 1. The smallest absolute Gasteiger partial charge is 0.220 e. The van der Waals surface area contributed by atoms with Crippen LogP contribution in [0.25, 0.3) is 11.3 Å². The highest BCUT2D eigenvalue weighted by atomic mass is 16.5. The van der Waals surface area contributed by atoms with Crippen LogP contribution in [0.2, 0.25) is 0 Å². The van der Waals surface area contributed by atoms with Crippen molar-refractivity contribution in [2.24, 2.45) is 5.92 Å². The molecule has 26 heavy (non-hydrogen) atoms. The topological polar surface area (TPSA) is 77.8 Å². The zero-order chi connectivity index (χ0) is 17.9. The van der Waals surface area contributed by atoms with E-state index in [1.807, 2.05) is 24.4 Å². The summed E-state index contributed by atoms with van der Waals surface area (Å²) >= 11 is 0. The van der Waals surface area contributed by atoms with E-state index in [-0.39, 0.29) is 5.41 Å². The van der Waals surface area contributed by atoms with E-state index in [9.17, 15) is 0 Å². The van der Waals surface area contributed by atoms with Gasteiger partial charge in [-0.05, 0) is 25.2 Å². The number of nitrogen functional groups attached to an aromatic ring is 1. The Bertz CT molecular complexity index is 981. The molecule has 2 heterocycles. The lowest BCUT2D eigenvalue weighted by molar-refractivity contribution is 0.172. The molecule has 2 aliphatic rings. The predicted molar refractivity (Wildman–Crippen MR) is 99.7 cm³/mol. The van der Waals surface area contributed by atoms with Crippen LogP contribution in [0.1, 0.15) is 48.8 Å². The monoisotopic (exact) mass is 346 g/mol. The molecule has 0 amide bonds. The number of hydrogen-bond acceptors (Lipinski definition) is 5. The second kappa shape index (κ2) is 5.40. The maximum absolute atomic E-state index is 6.16. The minimum atomic E-state index is -0.0772. The Labute approximate surface area is 152 Å². The Kier molecular flexibility index (Phi) is 3.23. The molecule has 0 radical (unpaired) electrons. The molecule has 0 saturated heterocycles. The van der Waals surface area contributed by atoms with Crippen molar-refractivity contribution in [3.8, 4) is 11.3 Å². The standard InChI is InChI=1S/C21H22N4O/c1-12-16-9-8-15-17(13-6-4-3-5-7-13)24-20(22)25-19(15)21(16,2)10-14-11-23-26-18(12)14/h3-7,11-12,16H,8-10H2,1-2H3,(H2,22,24,25)/t12-,16-,21-/m1/s1. The highest BCUT2D eigenvalue weighted by molar-refractivity contribution is 5.66. The predicted octanol–water partition coefficient (Wildman–Crippen LogP) is 3.89. The minimum Gasteiger partial charge on any atom is -0.368 e. The molecule has 2 N–H and O–H groups in total. The van der Waals surface area contributed by atoms with Crippen molar-refractivity contribution in [2.45, 2.75) is 44.4 Å². The van der Waals surface area contributed by atoms with E-state index in [0.717, 1.165) is 42.0 Å². The second-order valence-electron chi connectivity index (χ2n) is 7.87. The fraction of sp³-hybridized carbons (Fsp3) is 0.381. The zero-order valence-corrected chi connectivity index (χ0v) is 15.1. The summed E-state index contributed by atoms with van der Waals surface area (Å²) in [6, 6.07) is 10.3. The molecule has 0 spiro atoms. The summed E-state index contributed by atoms with van der Waals surface area (Å²) in [7, 11) is 0. The van der Waals surface area contributed by atoms with Gasteiger partial charge in [0.2, 0.25) is 5.95 Å². The first-order valence-electron chi connectivity index (χ1n) is 9.23. The van der Waals surface area contributed by atoms with Crippen LogP contribution in [-0.2, 0) is 18.3 Å². The van der Waals surface area contributed by atoms with Gasteiger partial charge in [0.1, 0.15) is 5.76 Å². The average molecular weight is 346 g/mol. The van der Waals surface area contributed by atoms with Gasteiger partial charge >= 0.3 is 0 Å². The zero-order valence-electron chi connectivity index (χ0n) is 15.1. The van der Waals surface area contributed by atoms with E-state index >= 15 is 0 Å². The Hall–Kier alpha value is -2.69. The molecule has 3 aromatic rings. The molecular formula is C21H22N4O. The Morgan fingerprint density at radius 1 is 1.19 bits per heavy atom. The van der Waals surface area contributed by atoms with E-state index in [2.05, 4.69) is 36.1 Å². The first kappa shape index (κ1) is 15.6. The summed E-state index contributed by atoms with van der Waals surface area (Å²) in [6.45, 7) is 4.57. The number of nitrogens with two attached hydrogens (primary N) is 1. The van der Waals surface area contributed by atoms with Crippen LogP contribution in [0.3, 0.4) is 0 Å². The fourth-order valence-corrected chi connectivity index (χ4v) is 5.21. The molecule has 132 valence electrons. The Morgan fingerprint density at radius 3 is 2.81 bits per heavy atom. The second-order valence-corrected chi connectivity index (χ2v) is 7.87. The quantitative estimate of drug-likeness (QED) is 0.723. The number of nitrogens with zero attached hydrogens (tertiary/aromatic N) is 3. The van der Waals surface area contributed by atoms with Crippen molar-refractivity contribution in [1.82, 2.24) is 15.1 Å². The van der Waals surface area contributed by atoms with E-state index < -0.39 is 0 Å². The van der Waals surface area contributed by atoms with Gasteiger partial charge in [0.15, 0.2) is 0 Å². The Morgan fingerprint density at radius 2 is 2.00 bits per heavy atom. The highest BCUT2D eigenvalue weighted by Crippen LogP contribution is 2.54. The third-order valence-electron chi connectivity index (χ3n) is 6.39. The van der Waals surface area contributed by atoms with Crippen LogP contribution in [0, 0.1) is 5.92 Å². The first-order valence-corrected chi connectivity index (χ1v) is 9.23. The van der Waals surface area contributed by atoms with Gasteiger partial charge < -0.3 is 10.3 Å². The van der Waals surface area contributed by atoms with Crippen molar-refractivity contribution >= 4 is 5.95 Å². The maximum Gasteiger partial charge on any atom is 0.220 e. The van der Waals surface area contributed by atoms with Gasteiger partial charge in [-0.1, -0.05) is 49.3 Å². The third kappa shape index (κ3) is 2.06. The van der Waals surface area contributed by atoms with Crippen LogP contribution >= 0.6 is 0 Å². The van der Waals surface area contributed by atoms with E-state index in [4.69, 9.17) is 15.2 Å². The maximum atomic E-state index is 6.16. The van der Waals surface area contributed by atoms with Gasteiger partial charge in [0, 0.05) is 28.0 Å². The van der Waals surface area contributed by atoms with Crippen LogP contribution in [0.5, 0.6) is 0 Å². The summed E-state index contributed by atoms with van der Waals surface area (Å²) in [4.78, 5) is 9.38. The molecule has 0 aliphatic heterocycles. The third-order valence-corrected chi connectivity index (χ3v) is 6.39. The summed E-state index contributed by atoms with van der Waals surface area (Å²) in [5, 5.41) is 4.05. The summed E-state index contributed by atoms with van der Waals surface area (Å²) in [5.74, 6) is 2.19. The van der Waals surface area contributed by atoms with Gasteiger partial charge in [0.05, 0.1) is 17.6 Å². The van der Waals surface area contributed by atoms with Crippen LogP contribution in [-0.4, -0.2) is 15.1 Å². The van der Waals surface area contributed by atoms with Gasteiger partial charge in [0.25, 0.3) is 0 Å². The molecule has 1 aromatic carbocycles. The van der Waals surface area contributed by atoms with E-state index in [1.165, 1.54) is 11.1 Å². The lowest BCUT2D eigenvalue weighted by atomic mass is 9.56. The lowest BCUT2D eigenvalue weighted by Crippen LogP contribution is -2.45.